The van der Waals surface area contributed by atoms with Gasteiger partial charge in [-0.25, -0.2) is 9.67 Å². The molecule has 3 rings (SSSR count). The Balaban J connectivity index is 1.80. The molecule has 0 aliphatic carbocycles. The number of nitrogens with zero attached hydrogens (tertiary/aromatic N) is 3. The van der Waals surface area contributed by atoms with Gasteiger partial charge in [0, 0.05) is 13.0 Å². The summed E-state index contributed by atoms with van der Waals surface area (Å²) in [6, 6.07) is 0.405. The SMILES string of the molecule is CC1CCn2nc(C3CCCCN3)nc2C1. The number of nitrogens with one attached hydrogen (secondary N) is 1. The van der Waals surface area contributed by atoms with Gasteiger partial charge in [0.25, 0.3) is 0 Å². The van der Waals surface area contributed by atoms with Gasteiger partial charge in [0.05, 0.1) is 6.04 Å². The van der Waals surface area contributed by atoms with Gasteiger partial charge in [0.15, 0.2) is 5.82 Å². The van der Waals surface area contributed by atoms with E-state index in [1.165, 1.54) is 31.5 Å². The Labute approximate surface area is 96.4 Å². The molecule has 4 nitrogen and oxygen atoms in total. The second kappa shape index (κ2) is 4.17. The Bertz CT molecular complexity index is 365. The van der Waals surface area contributed by atoms with Crippen LogP contribution in [0.15, 0.2) is 0 Å². The topological polar surface area (TPSA) is 42.7 Å². The van der Waals surface area contributed by atoms with E-state index >= 15 is 0 Å². The van der Waals surface area contributed by atoms with Gasteiger partial charge < -0.3 is 5.32 Å². The van der Waals surface area contributed by atoms with Gasteiger partial charge in [0.2, 0.25) is 0 Å². The van der Waals surface area contributed by atoms with Crippen LogP contribution in [0.2, 0.25) is 0 Å². The molecule has 1 aromatic rings. The monoisotopic (exact) mass is 220 g/mol. The molecular weight excluding hydrogens is 200 g/mol. The smallest absolute Gasteiger partial charge is 0.167 e. The zero-order chi connectivity index (χ0) is 11.0. The first-order valence-electron chi connectivity index (χ1n) is 6.50. The van der Waals surface area contributed by atoms with Crippen LogP contribution in [-0.4, -0.2) is 21.3 Å². The Morgan fingerprint density at radius 3 is 3.06 bits per heavy atom. The van der Waals surface area contributed by atoms with Gasteiger partial charge in [-0.1, -0.05) is 13.3 Å². The van der Waals surface area contributed by atoms with E-state index < -0.39 is 0 Å². The van der Waals surface area contributed by atoms with Crippen LogP contribution in [0, 0.1) is 5.92 Å². The summed E-state index contributed by atoms with van der Waals surface area (Å²) in [5.74, 6) is 2.99. The van der Waals surface area contributed by atoms with Crippen molar-refractivity contribution in [3.8, 4) is 0 Å². The van der Waals surface area contributed by atoms with Crippen molar-refractivity contribution in [2.75, 3.05) is 6.54 Å². The van der Waals surface area contributed by atoms with Crippen molar-refractivity contribution in [3.05, 3.63) is 11.6 Å². The molecule has 16 heavy (non-hydrogen) atoms. The van der Waals surface area contributed by atoms with E-state index in [4.69, 9.17) is 4.98 Å². The summed E-state index contributed by atoms with van der Waals surface area (Å²) in [5, 5.41) is 8.17. The van der Waals surface area contributed by atoms with E-state index in [1.807, 2.05) is 0 Å². The Morgan fingerprint density at radius 2 is 2.25 bits per heavy atom. The minimum atomic E-state index is 0.405. The van der Waals surface area contributed by atoms with Gasteiger partial charge in [0.1, 0.15) is 5.82 Å². The molecule has 4 heteroatoms. The van der Waals surface area contributed by atoms with Crippen molar-refractivity contribution in [1.82, 2.24) is 20.1 Å². The van der Waals surface area contributed by atoms with Gasteiger partial charge in [-0.2, -0.15) is 5.10 Å². The van der Waals surface area contributed by atoms with Crippen LogP contribution in [0.3, 0.4) is 0 Å². The molecule has 2 atom stereocenters. The summed E-state index contributed by atoms with van der Waals surface area (Å²) in [6.07, 6.45) is 6.13. The van der Waals surface area contributed by atoms with Crippen LogP contribution in [-0.2, 0) is 13.0 Å². The molecule has 0 radical (unpaired) electrons. The fourth-order valence-electron chi connectivity index (χ4n) is 2.70. The first-order chi connectivity index (χ1) is 7.83. The molecule has 1 aromatic heterocycles. The summed E-state index contributed by atoms with van der Waals surface area (Å²) in [5.41, 5.74) is 0. The molecule has 1 fully saturated rings. The number of aryl methyl sites for hydroxylation is 1. The fraction of sp³-hybridized carbons (Fsp3) is 0.833. The highest BCUT2D eigenvalue weighted by Crippen LogP contribution is 2.23. The molecule has 0 spiro atoms. The van der Waals surface area contributed by atoms with E-state index in [1.54, 1.807) is 0 Å². The molecule has 2 aliphatic rings. The van der Waals surface area contributed by atoms with Crippen molar-refractivity contribution in [2.24, 2.45) is 5.92 Å². The van der Waals surface area contributed by atoms with Gasteiger partial charge >= 0.3 is 0 Å². The highest BCUT2D eigenvalue weighted by atomic mass is 15.4. The lowest BCUT2D eigenvalue weighted by atomic mass is 10.0. The van der Waals surface area contributed by atoms with Crippen molar-refractivity contribution < 1.29 is 0 Å². The molecule has 0 saturated carbocycles. The van der Waals surface area contributed by atoms with Gasteiger partial charge in [-0.3, -0.25) is 0 Å². The highest BCUT2D eigenvalue weighted by Gasteiger charge is 2.23. The van der Waals surface area contributed by atoms with Crippen LogP contribution in [0.4, 0.5) is 0 Å². The second-order valence-electron chi connectivity index (χ2n) is 5.21. The molecule has 2 unspecified atom stereocenters. The summed E-state index contributed by atoms with van der Waals surface area (Å²) in [7, 11) is 0. The zero-order valence-corrected chi connectivity index (χ0v) is 9.95. The fourth-order valence-corrected chi connectivity index (χ4v) is 2.70. The van der Waals surface area contributed by atoms with Crippen molar-refractivity contribution >= 4 is 0 Å². The third-order valence-corrected chi connectivity index (χ3v) is 3.75. The molecule has 1 saturated heterocycles. The number of fused-ring (bicyclic) bond motifs is 1. The lowest BCUT2D eigenvalue weighted by Crippen LogP contribution is -2.27. The van der Waals surface area contributed by atoms with E-state index in [2.05, 4.69) is 22.0 Å². The lowest BCUT2D eigenvalue weighted by Gasteiger charge is -2.20. The lowest BCUT2D eigenvalue weighted by molar-refractivity contribution is 0.377. The average Bonchev–Trinajstić information content (AvgIpc) is 2.73. The minimum Gasteiger partial charge on any atom is -0.307 e. The van der Waals surface area contributed by atoms with Crippen LogP contribution < -0.4 is 5.32 Å². The van der Waals surface area contributed by atoms with Gasteiger partial charge in [-0.15, -0.1) is 0 Å². The Kier molecular flexibility index (Phi) is 2.67. The minimum absolute atomic E-state index is 0.405. The normalized spacial score (nSPS) is 30.1. The van der Waals surface area contributed by atoms with Crippen molar-refractivity contribution in [3.63, 3.8) is 0 Å². The largest absolute Gasteiger partial charge is 0.307 e. The number of rotatable bonds is 1. The molecule has 88 valence electrons. The van der Waals surface area contributed by atoms with Gasteiger partial charge in [-0.05, 0) is 31.7 Å². The molecular formula is C12H20N4. The van der Waals surface area contributed by atoms with Crippen LogP contribution in [0.25, 0.3) is 0 Å². The standard InChI is InChI=1S/C12H20N4/c1-9-5-7-16-11(8-9)14-12(15-16)10-4-2-3-6-13-10/h9-10,13H,2-8H2,1H3. The first-order valence-corrected chi connectivity index (χ1v) is 6.50. The number of aromatic nitrogens is 3. The number of hydrogen-bond acceptors (Lipinski definition) is 3. The summed E-state index contributed by atoms with van der Waals surface area (Å²) < 4.78 is 2.12. The van der Waals surface area contributed by atoms with Crippen molar-refractivity contribution in [2.45, 2.75) is 51.6 Å². The average molecular weight is 220 g/mol. The molecule has 3 heterocycles. The maximum Gasteiger partial charge on any atom is 0.167 e. The molecule has 0 aromatic carbocycles. The van der Waals surface area contributed by atoms with E-state index in [-0.39, 0.29) is 0 Å². The number of hydrogen-bond donors (Lipinski definition) is 1. The Hall–Kier alpha value is -0.900. The van der Waals surface area contributed by atoms with Crippen LogP contribution in [0.1, 0.15) is 50.3 Å². The summed E-state index contributed by atoms with van der Waals surface area (Å²) in [6.45, 7) is 4.47. The molecule has 1 N–H and O–H groups in total. The summed E-state index contributed by atoms with van der Waals surface area (Å²) in [4.78, 5) is 4.71. The van der Waals surface area contributed by atoms with Crippen LogP contribution in [0.5, 0.6) is 0 Å². The maximum atomic E-state index is 4.71. The highest BCUT2D eigenvalue weighted by molar-refractivity contribution is 5.02. The second-order valence-corrected chi connectivity index (χ2v) is 5.21. The molecule has 0 bridgehead atoms. The predicted molar refractivity (Wildman–Crippen MR) is 62.1 cm³/mol. The third-order valence-electron chi connectivity index (χ3n) is 3.75. The van der Waals surface area contributed by atoms with E-state index in [9.17, 15) is 0 Å². The predicted octanol–water partition coefficient (Wildman–Crippen LogP) is 1.68. The quantitative estimate of drug-likeness (QED) is 0.783. The zero-order valence-electron chi connectivity index (χ0n) is 9.95. The van der Waals surface area contributed by atoms with Crippen LogP contribution >= 0.6 is 0 Å². The Morgan fingerprint density at radius 1 is 1.31 bits per heavy atom. The molecule has 2 aliphatic heterocycles. The maximum absolute atomic E-state index is 4.71. The number of piperidine rings is 1. The third kappa shape index (κ3) is 1.86. The first kappa shape index (κ1) is 10.3. The van der Waals surface area contributed by atoms with Crippen molar-refractivity contribution in [1.29, 1.82) is 0 Å². The molecule has 0 amide bonds. The summed E-state index contributed by atoms with van der Waals surface area (Å²) >= 11 is 0. The van der Waals surface area contributed by atoms with E-state index in [0.717, 1.165) is 31.3 Å². The van der Waals surface area contributed by atoms with E-state index in [0.29, 0.717) is 6.04 Å².